The van der Waals surface area contributed by atoms with Crippen molar-refractivity contribution in [3.05, 3.63) is 29.3 Å². The number of fused-ring (bicyclic) bond motifs is 1. The molecule has 0 saturated heterocycles. The van der Waals surface area contributed by atoms with Crippen molar-refractivity contribution >= 4 is 24.8 Å². The molecule has 0 aromatic heterocycles. The van der Waals surface area contributed by atoms with Crippen LogP contribution in [-0.4, -0.2) is 42.1 Å². The summed E-state index contributed by atoms with van der Waals surface area (Å²) in [6.45, 7) is 3.20. The Labute approximate surface area is 161 Å². The number of ether oxygens (including phenoxy) is 2. The Kier molecular flexibility index (Phi) is 6.76. The van der Waals surface area contributed by atoms with Crippen molar-refractivity contribution in [2.45, 2.75) is 58.1 Å². The number of para-hydroxylation sites is 1. The van der Waals surface area contributed by atoms with Gasteiger partial charge in [0.15, 0.2) is 0 Å². The minimum atomic E-state index is -3.12. The zero-order chi connectivity index (χ0) is 21.1. The third-order valence-electron chi connectivity index (χ3n) is 4.04. The SMILES string of the molecule is CC(=O)OC(C)OC(=O)c1cccc2c1OB(O)[C@@H](CC(=O)CC(C)(F)F)C2. The highest BCUT2D eigenvalue weighted by Crippen LogP contribution is 2.37. The fourth-order valence-corrected chi connectivity index (χ4v) is 3.00. The van der Waals surface area contributed by atoms with E-state index in [-0.39, 0.29) is 24.2 Å². The maximum atomic E-state index is 13.0. The lowest BCUT2D eigenvalue weighted by Crippen LogP contribution is -2.36. The standard InChI is InChI=1S/C18H21BF2O7/c1-10(22)26-11(2)27-17(24)15-6-4-5-12-7-13(19(25)28-16(12)15)8-14(23)9-18(3,20)21/h4-6,11,13,25H,7-9H2,1-3H3/t11?,13-/m1/s1. The van der Waals surface area contributed by atoms with E-state index in [9.17, 15) is 28.2 Å². The number of halogens is 2. The molecule has 1 aromatic rings. The van der Waals surface area contributed by atoms with Crippen LogP contribution in [0.1, 0.15) is 49.5 Å². The molecule has 1 N–H and O–H groups in total. The highest BCUT2D eigenvalue weighted by molar-refractivity contribution is 6.47. The molecular weight excluding hydrogens is 377 g/mol. The predicted molar refractivity (Wildman–Crippen MR) is 94.0 cm³/mol. The Morgan fingerprint density at radius 2 is 2.04 bits per heavy atom. The molecule has 1 aliphatic heterocycles. The van der Waals surface area contributed by atoms with Gasteiger partial charge in [-0.3, -0.25) is 9.59 Å². The van der Waals surface area contributed by atoms with Crippen molar-refractivity contribution in [2.24, 2.45) is 0 Å². The van der Waals surface area contributed by atoms with E-state index in [4.69, 9.17) is 14.1 Å². The average molecular weight is 398 g/mol. The number of hydrogen-bond acceptors (Lipinski definition) is 7. The minimum Gasteiger partial charge on any atom is -0.535 e. The van der Waals surface area contributed by atoms with E-state index in [0.29, 0.717) is 12.5 Å². The van der Waals surface area contributed by atoms with Crippen LogP contribution < -0.4 is 4.65 Å². The van der Waals surface area contributed by atoms with Gasteiger partial charge in [0.25, 0.3) is 5.92 Å². The highest BCUT2D eigenvalue weighted by atomic mass is 19.3. The summed E-state index contributed by atoms with van der Waals surface area (Å²) in [5, 5.41) is 10.2. The van der Waals surface area contributed by atoms with E-state index in [1.54, 1.807) is 12.1 Å². The summed E-state index contributed by atoms with van der Waals surface area (Å²) in [4.78, 5) is 35.0. The molecule has 0 radical (unpaired) electrons. The summed E-state index contributed by atoms with van der Waals surface area (Å²) in [5.74, 6) is -5.88. The van der Waals surface area contributed by atoms with Crippen LogP contribution in [0.3, 0.4) is 0 Å². The molecule has 10 heteroatoms. The van der Waals surface area contributed by atoms with E-state index in [2.05, 4.69) is 0 Å². The third-order valence-corrected chi connectivity index (χ3v) is 4.04. The van der Waals surface area contributed by atoms with Crippen LogP contribution >= 0.6 is 0 Å². The first-order chi connectivity index (χ1) is 13.0. The Hall–Kier alpha value is -2.49. The van der Waals surface area contributed by atoms with Crippen LogP contribution in [-0.2, 0) is 25.5 Å². The van der Waals surface area contributed by atoms with E-state index >= 15 is 0 Å². The second-order valence-electron chi connectivity index (χ2n) is 6.84. The number of Topliss-reactive ketones (excluding diaryl/α,β-unsaturated/α-hetero) is 1. The normalized spacial score (nSPS) is 17.2. The first-order valence-electron chi connectivity index (χ1n) is 8.70. The maximum Gasteiger partial charge on any atom is 0.526 e. The summed E-state index contributed by atoms with van der Waals surface area (Å²) in [6.07, 6.45) is -2.14. The zero-order valence-electron chi connectivity index (χ0n) is 15.7. The number of carbonyl (C=O) groups excluding carboxylic acids is 3. The Balaban J connectivity index is 2.12. The van der Waals surface area contributed by atoms with Crippen LogP contribution in [0, 0.1) is 0 Å². The number of carbonyl (C=O) groups is 3. The van der Waals surface area contributed by atoms with Crippen molar-refractivity contribution in [1.82, 2.24) is 0 Å². The van der Waals surface area contributed by atoms with Gasteiger partial charge >= 0.3 is 19.1 Å². The fraction of sp³-hybridized carbons (Fsp3) is 0.500. The molecule has 7 nitrogen and oxygen atoms in total. The number of benzene rings is 1. The second kappa shape index (κ2) is 8.68. The van der Waals surface area contributed by atoms with Crippen molar-refractivity contribution in [3.8, 4) is 5.75 Å². The van der Waals surface area contributed by atoms with Crippen LogP contribution in [0.15, 0.2) is 18.2 Å². The maximum absolute atomic E-state index is 13.0. The topological polar surface area (TPSA) is 99.1 Å². The molecule has 1 heterocycles. The van der Waals surface area contributed by atoms with Crippen LogP contribution in [0.4, 0.5) is 8.78 Å². The number of rotatable bonds is 7. The molecule has 0 saturated carbocycles. The van der Waals surface area contributed by atoms with Gasteiger partial charge in [-0.2, -0.15) is 0 Å². The zero-order valence-corrected chi connectivity index (χ0v) is 15.7. The lowest BCUT2D eigenvalue weighted by molar-refractivity contribution is -0.162. The molecular formula is C18H21BF2O7. The van der Waals surface area contributed by atoms with Crippen LogP contribution in [0.2, 0.25) is 5.82 Å². The third kappa shape index (κ3) is 6.02. The average Bonchev–Trinajstić information content (AvgIpc) is 2.52. The van der Waals surface area contributed by atoms with Gasteiger partial charge in [-0.15, -0.1) is 0 Å². The largest absolute Gasteiger partial charge is 0.535 e. The molecule has 1 aliphatic rings. The van der Waals surface area contributed by atoms with E-state index in [1.807, 2.05) is 0 Å². The Morgan fingerprint density at radius 3 is 2.64 bits per heavy atom. The smallest absolute Gasteiger partial charge is 0.526 e. The van der Waals surface area contributed by atoms with Gasteiger partial charge in [0.1, 0.15) is 17.1 Å². The van der Waals surface area contributed by atoms with Gasteiger partial charge in [-0.25, -0.2) is 13.6 Å². The molecule has 0 spiro atoms. The van der Waals surface area contributed by atoms with Gasteiger partial charge in [-0.1, -0.05) is 12.1 Å². The quantitative estimate of drug-likeness (QED) is 0.428. The second-order valence-corrected chi connectivity index (χ2v) is 6.84. The molecule has 1 unspecified atom stereocenters. The van der Waals surface area contributed by atoms with Gasteiger partial charge in [0.05, 0.1) is 6.42 Å². The molecule has 1 aromatic carbocycles. The van der Waals surface area contributed by atoms with Crippen molar-refractivity contribution in [1.29, 1.82) is 0 Å². The van der Waals surface area contributed by atoms with Crippen molar-refractivity contribution in [3.63, 3.8) is 0 Å². The van der Waals surface area contributed by atoms with Crippen LogP contribution in [0.5, 0.6) is 5.75 Å². The monoisotopic (exact) mass is 398 g/mol. The summed E-state index contributed by atoms with van der Waals surface area (Å²) >= 11 is 0. The Bertz CT molecular complexity index is 763. The molecule has 0 bridgehead atoms. The van der Waals surface area contributed by atoms with Gasteiger partial charge in [-0.05, 0) is 25.0 Å². The van der Waals surface area contributed by atoms with Gasteiger partial charge in [0, 0.05) is 26.1 Å². The summed E-state index contributed by atoms with van der Waals surface area (Å²) in [6, 6.07) is 4.61. The van der Waals surface area contributed by atoms with E-state index < -0.39 is 49.3 Å². The minimum absolute atomic E-state index is 0.0143. The fourth-order valence-electron chi connectivity index (χ4n) is 3.00. The molecule has 0 fully saturated rings. The Morgan fingerprint density at radius 1 is 1.36 bits per heavy atom. The molecule has 0 aliphatic carbocycles. The lowest BCUT2D eigenvalue weighted by atomic mass is 9.64. The first-order valence-corrected chi connectivity index (χ1v) is 8.70. The number of alkyl halides is 2. The lowest BCUT2D eigenvalue weighted by Gasteiger charge is -2.28. The summed E-state index contributed by atoms with van der Waals surface area (Å²) in [7, 11) is -1.44. The molecule has 152 valence electrons. The molecule has 28 heavy (non-hydrogen) atoms. The predicted octanol–water partition coefficient (Wildman–Crippen LogP) is 2.54. The van der Waals surface area contributed by atoms with Crippen LogP contribution in [0.25, 0.3) is 0 Å². The highest BCUT2D eigenvalue weighted by Gasteiger charge is 2.39. The molecule has 0 amide bonds. The summed E-state index contributed by atoms with van der Waals surface area (Å²) in [5.41, 5.74) is 0.543. The first kappa shape index (κ1) is 21.8. The molecule has 2 atom stereocenters. The number of ketones is 1. The van der Waals surface area contributed by atoms with Gasteiger partial charge in [0.2, 0.25) is 6.29 Å². The van der Waals surface area contributed by atoms with Crippen molar-refractivity contribution < 1.29 is 42.3 Å². The van der Waals surface area contributed by atoms with E-state index in [0.717, 1.165) is 0 Å². The number of hydrogen-bond donors (Lipinski definition) is 1. The number of esters is 2. The summed E-state index contributed by atoms with van der Waals surface area (Å²) < 4.78 is 41.1. The van der Waals surface area contributed by atoms with E-state index in [1.165, 1.54) is 19.9 Å². The van der Waals surface area contributed by atoms with Gasteiger partial charge < -0.3 is 19.2 Å². The van der Waals surface area contributed by atoms with Crippen molar-refractivity contribution in [2.75, 3.05) is 0 Å². The molecule has 2 rings (SSSR count).